The lowest BCUT2D eigenvalue weighted by atomic mass is 9.70. The standard InChI is InChI=1S/C11H13BNO4/c1-7(2)11(14)13-9-4-3-8-6-17-12(15,16)10(8)5-9/h3-5,15-16H,1,6H2,2H3,(H,13,14)/q-1. The van der Waals surface area contributed by atoms with Gasteiger partial charge in [0.2, 0.25) is 0 Å². The summed E-state index contributed by atoms with van der Waals surface area (Å²) in [6.45, 7) is 2.34. The summed E-state index contributed by atoms with van der Waals surface area (Å²) in [6, 6.07) is 4.88. The van der Waals surface area contributed by atoms with Crippen molar-refractivity contribution in [2.24, 2.45) is 0 Å². The van der Waals surface area contributed by atoms with Crippen molar-refractivity contribution in [2.75, 3.05) is 5.32 Å². The monoisotopic (exact) mass is 234 g/mol. The summed E-state index contributed by atoms with van der Waals surface area (Å²) in [5.74, 6) is -0.308. The van der Waals surface area contributed by atoms with E-state index in [4.69, 9.17) is 4.65 Å². The number of anilines is 1. The molecule has 0 unspecified atom stereocenters. The fraction of sp³-hybridized carbons (Fsp3) is 0.182. The van der Waals surface area contributed by atoms with Gasteiger partial charge in [0.05, 0.1) is 0 Å². The van der Waals surface area contributed by atoms with Crippen LogP contribution in [0.15, 0.2) is 30.4 Å². The van der Waals surface area contributed by atoms with Crippen LogP contribution in [0.4, 0.5) is 5.69 Å². The molecule has 6 heteroatoms. The van der Waals surface area contributed by atoms with Gasteiger partial charge in [-0.25, -0.2) is 0 Å². The molecule has 1 heterocycles. The molecule has 0 aromatic heterocycles. The normalized spacial score (nSPS) is 16.4. The lowest BCUT2D eigenvalue weighted by molar-refractivity contribution is -0.112. The third-order valence-corrected chi connectivity index (χ3v) is 2.67. The molecule has 0 saturated heterocycles. The van der Waals surface area contributed by atoms with Gasteiger partial charge in [-0.2, -0.15) is 0 Å². The number of benzene rings is 1. The summed E-state index contributed by atoms with van der Waals surface area (Å²) < 4.78 is 4.86. The van der Waals surface area contributed by atoms with Crippen molar-refractivity contribution in [3.63, 3.8) is 0 Å². The maximum Gasteiger partial charge on any atom is 0.405 e. The Morgan fingerprint density at radius 2 is 2.24 bits per heavy atom. The Morgan fingerprint density at radius 3 is 2.88 bits per heavy atom. The fourth-order valence-electron chi connectivity index (χ4n) is 1.69. The van der Waals surface area contributed by atoms with Crippen molar-refractivity contribution in [1.82, 2.24) is 0 Å². The minimum Gasteiger partial charge on any atom is -0.556 e. The van der Waals surface area contributed by atoms with Crippen LogP contribution in [-0.2, 0) is 16.1 Å². The van der Waals surface area contributed by atoms with Crippen molar-refractivity contribution in [3.05, 3.63) is 35.9 Å². The molecule has 3 N–H and O–H groups in total. The smallest absolute Gasteiger partial charge is 0.405 e. The molecule has 1 aromatic rings. The first kappa shape index (κ1) is 11.8. The number of rotatable bonds is 2. The maximum atomic E-state index is 11.4. The Kier molecular flexibility index (Phi) is 2.78. The van der Waals surface area contributed by atoms with Gasteiger partial charge in [-0.05, 0) is 13.0 Å². The first-order valence-electron chi connectivity index (χ1n) is 5.23. The van der Waals surface area contributed by atoms with E-state index in [-0.39, 0.29) is 12.5 Å². The average Bonchev–Trinajstić information content (AvgIpc) is 2.55. The molecule has 5 nitrogen and oxygen atoms in total. The molecule has 1 amide bonds. The lowest BCUT2D eigenvalue weighted by Crippen LogP contribution is -2.47. The number of nitrogens with one attached hydrogen (secondary N) is 1. The molecule has 0 spiro atoms. The minimum absolute atomic E-state index is 0.164. The first-order valence-corrected chi connectivity index (χ1v) is 5.23. The molecule has 1 aliphatic rings. The van der Waals surface area contributed by atoms with Crippen molar-refractivity contribution < 1.29 is 19.5 Å². The summed E-state index contributed by atoms with van der Waals surface area (Å²) in [5.41, 5.74) is 1.89. The van der Waals surface area contributed by atoms with E-state index in [1.165, 1.54) is 6.07 Å². The lowest BCUT2D eigenvalue weighted by Gasteiger charge is -2.22. The minimum atomic E-state index is -2.94. The molecule has 0 aliphatic carbocycles. The second kappa shape index (κ2) is 3.99. The molecular weight excluding hydrogens is 221 g/mol. The second-order valence-electron chi connectivity index (χ2n) is 4.16. The highest BCUT2D eigenvalue weighted by atomic mass is 16.6. The van der Waals surface area contributed by atoms with Crippen LogP contribution in [-0.4, -0.2) is 22.7 Å². The molecular formula is C11H13BNO4-. The van der Waals surface area contributed by atoms with Gasteiger partial charge in [-0.15, -0.1) is 5.46 Å². The predicted molar refractivity (Wildman–Crippen MR) is 64.5 cm³/mol. The fourth-order valence-corrected chi connectivity index (χ4v) is 1.69. The summed E-state index contributed by atoms with van der Waals surface area (Å²) in [7, 11) is 0. The molecule has 0 atom stereocenters. The van der Waals surface area contributed by atoms with Crippen LogP contribution in [0, 0.1) is 0 Å². The molecule has 0 saturated carbocycles. The number of hydrogen-bond donors (Lipinski definition) is 3. The number of fused-ring (bicyclic) bond motifs is 1. The quantitative estimate of drug-likeness (QED) is 0.491. The van der Waals surface area contributed by atoms with Crippen molar-refractivity contribution in [3.8, 4) is 0 Å². The average molecular weight is 234 g/mol. The molecule has 2 rings (SSSR count). The molecule has 1 aromatic carbocycles. The molecule has 17 heavy (non-hydrogen) atoms. The third-order valence-electron chi connectivity index (χ3n) is 2.67. The van der Waals surface area contributed by atoms with Gasteiger partial charge in [0.25, 0.3) is 5.91 Å². The van der Waals surface area contributed by atoms with Crippen molar-refractivity contribution >= 4 is 23.8 Å². The van der Waals surface area contributed by atoms with Crippen LogP contribution in [0.5, 0.6) is 0 Å². The van der Waals surface area contributed by atoms with Gasteiger partial charge in [-0.3, -0.25) is 4.79 Å². The molecule has 0 radical (unpaired) electrons. The Hall–Kier alpha value is -1.63. The van der Waals surface area contributed by atoms with Crippen molar-refractivity contribution in [1.29, 1.82) is 0 Å². The van der Waals surface area contributed by atoms with E-state index in [1.54, 1.807) is 19.1 Å². The van der Waals surface area contributed by atoms with Crippen LogP contribution in [0.3, 0.4) is 0 Å². The van der Waals surface area contributed by atoms with E-state index in [2.05, 4.69) is 11.9 Å². The van der Waals surface area contributed by atoms with Gasteiger partial charge < -0.3 is 20.0 Å². The van der Waals surface area contributed by atoms with E-state index >= 15 is 0 Å². The molecule has 0 fully saturated rings. The van der Waals surface area contributed by atoms with Crippen LogP contribution in [0.25, 0.3) is 0 Å². The zero-order chi connectivity index (χ0) is 12.6. The van der Waals surface area contributed by atoms with E-state index < -0.39 is 6.75 Å². The van der Waals surface area contributed by atoms with Gasteiger partial charge in [0.15, 0.2) is 0 Å². The van der Waals surface area contributed by atoms with Gasteiger partial charge in [-0.1, -0.05) is 24.3 Å². The predicted octanol–water partition coefficient (Wildman–Crippen LogP) is -0.138. The second-order valence-corrected chi connectivity index (χ2v) is 4.16. The van der Waals surface area contributed by atoms with Gasteiger partial charge >= 0.3 is 6.75 Å². The van der Waals surface area contributed by atoms with Crippen LogP contribution < -0.4 is 10.8 Å². The zero-order valence-corrected chi connectivity index (χ0v) is 9.43. The highest BCUT2D eigenvalue weighted by Gasteiger charge is 2.31. The van der Waals surface area contributed by atoms with Crippen LogP contribution >= 0.6 is 0 Å². The summed E-state index contributed by atoms with van der Waals surface area (Å²) >= 11 is 0. The Morgan fingerprint density at radius 1 is 1.53 bits per heavy atom. The van der Waals surface area contributed by atoms with Gasteiger partial charge in [0, 0.05) is 17.9 Å². The summed E-state index contributed by atoms with van der Waals surface area (Å²) in [5, 5.41) is 21.8. The SMILES string of the molecule is C=C(C)C(=O)Nc1ccc2c(c1)[B-](O)(O)OC2. The zero-order valence-electron chi connectivity index (χ0n) is 9.43. The van der Waals surface area contributed by atoms with Crippen molar-refractivity contribution in [2.45, 2.75) is 13.5 Å². The van der Waals surface area contributed by atoms with Crippen LogP contribution in [0.2, 0.25) is 0 Å². The summed E-state index contributed by atoms with van der Waals surface area (Å²) in [4.78, 5) is 11.4. The van der Waals surface area contributed by atoms with Crippen LogP contribution in [0.1, 0.15) is 12.5 Å². The van der Waals surface area contributed by atoms with E-state index in [0.29, 0.717) is 22.3 Å². The maximum absolute atomic E-state index is 11.4. The molecule has 1 aliphatic heterocycles. The number of hydrogen-bond acceptors (Lipinski definition) is 4. The number of carbonyl (C=O) groups excluding carboxylic acids is 1. The largest absolute Gasteiger partial charge is 0.556 e. The number of carbonyl (C=O) groups is 1. The third kappa shape index (κ3) is 2.24. The van der Waals surface area contributed by atoms with Gasteiger partial charge in [0.1, 0.15) is 0 Å². The van der Waals surface area contributed by atoms with E-state index in [0.717, 1.165) is 0 Å². The highest BCUT2D eigenvalue weighted by molar-refractivity contribution is 6.74. The Bertz CT molecular complexity index is 498. The van der Waals surface area contributed by atoms with E-state index in [9.17, 15) is 14.8 Å². The number of amides is 1. The Balaban J connectivity index is 2.28. The highest BCUT2D eigenvalue weighted by Crippen LogP contribution is 2.18. The topological polar surface area (TPSA) is 78.8 Å². The summed E-state index contributed by atoms with van der Waals surface area (Å²) in [6.07, 6.45) is 0. The first-order chi connectivity index (χ1) is 7.90. The van der Waals surface area contributed by atoms with E-state index in [1.807, 2.05) is 0 Å². The molecule has 90 valence electrons. The Labute approximate surface area is 98.7 Å². The molecule has 0 bridgehead atoms.